The van der Waals surface area contributed by atoms with Gasteiger partial charge in [-0.3, -0.25) is 4.57 Å². The van der Waals surface area contributed by atoms with Crippen molar-refractivity contribution in [2.24, 2.45) is 0 Å². The second-order valence-corrected chi connectivity index (χ2v) is 11.3. The number of nitrogens with zero attached hydrogens (tertiary/aromatic N) is 8. The molecule has 15 heteroatoms. The van der Waals surface area contributed by atoms with E-state index in [1.807, 2.05) is 36.6 Å². The predicted octanol–water partition coefficient (Wildman–Crippen LogP) is 2.91. The maximum atomic E-state index is 11.2. The van der Waals surface area contributed by atoms with E-state index in [9.17, 15) is 10.2 Å². The van der Waals surface area contributed by atoms with Crippen molar-refractivity contribution in [1.82, 2.24) is 39.7 Å². The van der Waals surface area contributed by atoms with E-state index in [0.29, 0.717) is 27.5 Å². The third-order valence-electron chi connectivity index (χ3n) is 6.49. The lowest BCUT2D eigenvalue weighted by molar-refractivity contribution is -0.217. The SMILES string of the molecule is COC1[C@@H](n2cc(-c3nc(Cl)cs3)nn2)[C@@H](O)C(CO)O[C@H]1c1nnc(C)n1-c1ccc2nc(C)sc2c1. The molecule has 1 fully saturated rings. The Morgan fingerprint density at radius 1 is 1.18 bits per heavy atom. The molecule has 0 bridgehead atoms. The number of methoxy groups -OCH3 is 1. The highest BCUT2D eigenvalue weighted by atomic mass is 35.5. The summed E-state index contributed by atoms with van der Waals surface area (Å²) in [4.78, 5) is 8.79. The molecule has 0 saturated carbocycles. The maximum Gasteiger partial charge on any atom is 0.169 e. The highest BCUT2D eigenvalue weighted by molar-refractivity contribution is 7.18. The van der Waals surface area contributed by atoms with Gasteiger partial charge in [-0.05, 0) is 32.0 Å². The smallest absolute Gasteiger partial charge is 0.169 e. The standard InChI is InChI=1S/C23H23ClN8O4S2/c1-10-27-29-22(32(10)12-4-5-13-16(6-12)38-11(2)25-13)21-20(35-3)18(19(34)15(8-33)36-21)31-7-14(28-30-31)23-26-17(24)9-37-23/h4-7,9,15,18-21,33-34H,8H2,1-3H3/t15?,18-,19-,20?,21+/m0/s1. The van der Waals surface area contributed by atoms with Crippen molar-refractivity contribution in [3.05, 3.63) is 51.6 Å². The number of aromatic nitrogens is 8. The molecule has 0 spiro atoms. The quantitative estimate of drug-likeness (QED) is 0.310. The number of thiazole rings is 2. The molecule has 0 radical (unpaired) electrons. The molecule has 198 valence electrons. The van der Waals surface area contributed by atoms with E-state index in [4.69, 9.17) is 21.1 Å². The fourth-order valence-corrected chi connectivity index (χ4v) is 6.57. The van der Waals surface area contributed by atoms with Crippen molar-refractivity contribution in [3.8, 4) is 16.4 Å². The molecule has 5 heterocycles. The Kier molecular flexibility index (Phi) is 6.72. The fourth-order valence-electron chi connectivity index (χ4n) is 4.81. The molecule has 0 aliphatic carbocycles. The Bertz CT molecular complexity index is 1600. The van der Waals surface area contributed by atoms with E-state index in [2.05, 4.69) is 30.5 Å². The summed E-state index contributed by atoms with van der Waals surface area (Å²) < 4.78 is 16.5. The van der Waals surface area contributed by atoms with Gasteiger partial charge in [-0.25, -0.2) is 14.6 Å². The maximum absolute atomic E-state index is 11.2. The third kappa shape index (κ3) is 4.31. The van der Waals surface area contributed by atoms with E-state index in [1.165, 1.54) is 23.1 Å². The summed E-state index contributed by atoms with van der Waals surface area (Å²) in [5, 5.41) is 42.2. The van der Waals surface area contributed by atoms with Crippen LogP contribution in [0.1, 0.15) is 28.8 Å². The van der Waals surface area contributed by atoms with Gasteiger partial charge in [0.1, 0.15) is 52.1 Å². The second kappa shape index (κ2) is 10.0. The van der Waals surface area contributed by atoms with E-state index < -0.39 is 37.1 Å². The molecule has 5 atom stereocenters. The number of aliphatic hydroxyl groups excluding tert-OH is 2. The van der Waals surface area contributed by atoms with Gasteiger partial charge in [0.2, 0.25) is 0 Å². The van der Waals surface area contributed by atoms with Crippen molar-refractivity contribution in [1.29, 1.82) is 0 Å². The molecule has 1 aliphatic heterocycles. The number of ether oxygens (including phenoxy) is 2. The average molecular weight is 575 g/mol. The molecular formula is C23H23ClN8O4S2. The fraction of sp³-hybridized carbons (Fsp3) is 0.391. The van der Waals surface area contributed by atoms with Crippen molar-refractivity contribution >= 4 is 44.5 Å². The third-order valence-corrected chi connectivity index (χ3v) is 8.61. The van der Waals surface area contributed by atoms with Crippen LogP contribution in [0.4, 0.5) is 0 Å². The van der Waals surface area contributed by atoms with Gasteiger partial charge in [-0.15, -0.1) is 38.0 Å². The topological polar surface area (TPSA) is 146 Å². The number of hydrogen-bond donors (Lipinski definition) is 2. The number of rotatable bonds is 6. The van der Waals surface area contributed by atoms with Crippen molar-refractivity contribution in [2.45, 2.75) is 44.3 Å². The minimum absolute atomic E-state index is 0.363. The van der Waals surface area contributed by atoms with Crippen LogP contribution in [0.25, 0.3) is 26.6 Å². The van der Waals surface area contributed by atoms with Crippen LogP contribution in [0.5, 0.6) is 0 Å². The molecule has 1 aromatic carbocycles. The van der Waals surface area contributed by atoms with E-state index in [0.717, 1.165) is 20.9 Å². The lowest BCUT2D eigenvalue weighted by Gasteiger charge is -2.43. The largest absolute Gasteiger partial charge is 0.394 e. The van der Waals surface area contributed by atoms with Gasteiger partial charge in [-0.2, -0.15) is 0 Å². The number of aliphatic hydroxyl groups is 2. The summed E-state index contributed by atoms with van der Waals surface area (Å²) in [7, 11) is 1.53. The van der Waals surface area contributed by atoms with Gasteiger partial charge in [0.25, 0.3) is 0 Å². The zero-order valence-corrected chi connectivity index (χ0v) is 22.9. The first kappa shape index (κ1) is 25.4. The molecule has 12 nitrogen and oxygen atoms in total. The van der Waals surface area contributed by atoms with Crippen molar-refractivity contribution in [2.75, 3.05) is 13.7 Å². The number of fused-ring (bicyclic) bond motifs is 1. The Labute approximate surface area is 229 Å². The lowest BCUT2D eigenvalue weighted by atomic mass is 9.92. The molecular weight excluding hydrogens is 552 g/mol. The van der Waals surface area contributed by atoms with Gasteiger partial charge >= 0.3 is 0 Å². The minimum atomic E-state index is -1.15. The van der Waals surface area contributed by atoms with Crippen LogP contribution in [-0.4, -0.2) is 82.0 Å². The lowest BCUT2D eigenvalue weighted by Crippen LogP contribution is -2.53. The first-order valence-electron chi connectivity index (χ1n) is 11.7. The van der Waals surface area contributed by atoms with Gasteiger partial charge in [0.15, 0.2) is 5.82 Å². The monoisotopic (exact) mass is 574 g/mol. The van der Waals surface area contributed by atoms with Gasteiger partial charge < -0.3 is 19.7 Å². The van der Waals surface area contributed by atoms with Crippen molar-refractivity contribution in [3.63, 3.8) is 0 Å². The van der Waals surface area contributed by atoms with Crippen LogP contribution < -0.4 is 0 Å². The molecule has 5 aromatic rings. The Balaban J connectivity index is 1.42. The summed E-state index contributed by atoms with van der Waals surface area (Å²) in [5.41, 5.74) is 2.25. The number of halogens is 1. The first-order chi connectivity index (χ1) is 18.4. The van der Waals surface area contributed by atoms with Crippen LogP contribution in [0, 0.1) is 13.8 Å². The van der Waals surface area contributed by atoms with Crippen LogP contribution in [0.2, 0.25) is 5.15 Å². The summed E-state index contributed by atoms with van der Waals surface area (Å²) in [5.74, 6) is 1.11. The number of hydrogen-bond acceptors (Lipinski definition) is 12. The van der Waals surface area contributed by atoms with Gasteiger partial charge in [0, 0.05) is 12.5 Å². The van der Waals surface area contributed by atoms with Crippen LogP contribution in [-0.2, 0) is 9.47 Å². The van der Waals surface area contributed by atoms with E-state index >= 15 is 0 Å². The average Bonchev–Trinajstić information content (AvgIpc) is 3.69. The summed E-state index contributed by atoms with van der Waals surface area (Å²) in [6, 6.07) is 5.18. The zero-order valence-electron chi connectivity index (χ0n) is 20.5. The molecule has 1 aliphatic rings. The zero-order chi connectivity index (χ0) is 26.6. The molecule has 38 heavy (non-hydrogen) atoms. The van der Waals surface area contributed by atoms with Gasteiger partial charge in [0.05, 0.1) is 33.7 Å². The summed E-state index contributed by atoms with van der Waals surface area (Å²) in [6.45, 7) is 3.40. The molecule has 6 rings (SSSR count). The van der Waals surface area contributed by atoms with Gasteiger partial charge in [-0.1, -0.05) is 16.8 Å². The highest BCUT2D eigenvalue weighted by Crippen LogP contribution is 2.40. The number of aryl methyl sites for hydroxylation is 2. The second-order valence-electron chi connectivity index (χ2n) is 8.84. The van der Waals surface area contributed by atoms with Crippen molar-refractivity contribution < 1.29 is 19.7 Å². The molecule has 2 unspecified atom stereocenters. The predicted molar refractivity (Wildman–Crippen MR) is 141 cm³/mol. The minimum Gasteiger partial charge on any atom is -0.394 e. The van der Waals surface area contributed by atoms with Crippen LogP contribution in [0.3, 0.4) is 0 Å². The van der Waals surface area contributed by atoms with E-state index in [-0.39, 0.29) is 0 Å². The van der Waals surface area contributed by atoms with E-state index in [1.54, 1.807) is 22.9 Å². The number of benzene rings is 1. The Morgan fingerprint density at radius 2 is 2.03 bits per heavy atom. The van der Waals surface area contributed by atoms with Crippen LogP contribution >= 0.6 is 34.3 Å². The Morgan fingerprint density at radius 3 is 2.76 bits per heavy atom. The van der Waals surface area contributed by atoms with Crippen LogP contribution in [0.15, 0.2) is 29.8 Å². The normalized spacial score (nSPS) is 23.9. The molecule has 0 amide bonds. The summed E-state index contributed by atoms with van der Waals surface area (Å²) in [6.07, 6.45) is -1.96. The first-order valence-corrected chi connectivity index (χ1v) is 13.7. The Hall–Kier alpha value is -2.85. The molecule has 2 N–H and O–H groups in total. The highest BCUT2D eigenvalue weighted by Gasteiger charge is 2.49. The molecule has 4 aromatic heterocycles. The molecule has 1 saturated heterocycles. The summed E-state index contributed by atoms with van der Waals surface area (Å²) >= 11 is 8.92.